The van der Waals surface area contributed by atoms with Crippen LogP contribution in [0, 0.1) is 0 Å². The molecule has 0 atom stereocenters. The summed E-state index contributed by atoms with van der Waals surface area (Å²) in [4.78, 5) is 17.7. The quantitative estimate of drug-likeness (QED) is 0.323. The lowest BCUT2D eigenvalue weighted by molar-refractivity contribution is 0.104. The molecule has 2 N–H and O–H groups in total. The molecule has 0 saturated carbocycles. The number of carbonyl (C=O) groups excluding carboxylic acids is 1. The number of rotatable bonds is 7. The van der Waals surface area contributed by atoms with Gasteiger partial charge in [-0.15, -0.1) is 0 Å². The zero-order valence-electron chi connectivity index (χ0n) is 17.8. The van der Waals surface area contributed by atoms with Crippen LogP contribution in [-0.4, -0.2) is 27.0 Å². The number of benzene rings is 3. The summed E-state index contributed by atoms with van der Waals surface area (Å²) in [5.41, 5.74) is 5.14. The van der Waals surface area contributed by atoms with Gasteiger partial charge in [-0.25, -0.2) is 4.98 Å². The van der Waals surface area contributed by atoms with Gasteiger partial charge in [-0.05, 0) is 24.6 Å². The third kappa shape index (κ3) is 3.34. The fraction of sp³-hybridized carbons (Fsp3) is 0.115. The van der Waals surface area contributed by atoms with Crippen LogP contribution >= 0.6 is 0 Å². The lowest BCUT2D eigenvalue weighted by Crippen LogP contribution is -2.13. The van der Waals surface area contributed by atoms with Crippen molar-refractivity contribution in [1.82, 2.24) is 14.7 Å². The van der Waals surface area contributed by atoms with Gasteiger partial charge in [0.15, 0.2) is 11.5 Å². The van der Waals surface area contributed by atoms with Crippen molar-refractivity contribution >= 4 is 33.7 Å². The first-order valence-corrected chi connectivity index (χ1v) is 10.9. The summed E-state index contributed by atoms with van der Waals surface area (Å²) in [7, 11) is 0. The summed E-state index contributed by atoms with van der Waals surface area (Å²) >= 11 is 0. The van der Waals surface area contributed by atoms with Gasteiger partial charge in [0, 0.05) is 42.3 Å². The van der Waals surface area contributed by atoms with Gasteiger partial charge in [-0.1, -0.05) is 47.6 Å². The maximum atomic E-state index is 13.6. The molecule has 162 valence electrons. The Labute approximate surface area is 190 Å². The number of nitrogens with one attached hydrogen (secondary N) is 2. The molecule has 0 saturated heterocycles. The van der Waals surface area contributed by atoms with Crippen LogP contribution in [0.1, 0.15) is 22.3 Å². The zero-order valence-corrected chi connectivity index (χ0v) is 17.8. The number of ketones is 1. The molecule has 2 aromatic heterocycles. The van der Waals surface area contributed by atoms with Gasteiger partial charge < -0.3 is 19.7 Å². The van der Waals surface area contributed by atoms with Crippen LogP contribution in [0.2, 0.25) is 0 Å². The van der Waals surface area contributed by atoms with E-state index in [9.17, 15) is 4.79 Å². The van der Waals surface area contributed by atoms with Crippen LogP contribution in [0.4, 0.5) is 17.1 Å². The van der Waals surface area contributed by atoms with Crippen molar-refractivity contribution in [2.75, 3.05) is 17.2 Å². The molecule has 7 heteroatoms. The molecule has 33 heavy (non-hydrogen) atoms. The monoisotopic (exact) mass is 435 g/mol. The summed E-state index contributed by atoms with van der Waals surface area (Å²) in [6, 6.07) is 19.3. The Kier molecular flexibility index (Phi) is 4.65. The molecule has 2 heterocycles. The molecule has 0 fully saturated rings. The molecule has 0 spiro atoms. The van der Waals surface area contributed by atoms with Crippen molar-refractivity contribution < 1.29 is 9.32 Å². The Morgan fingerprint density at radius 1 is 0.970 bits per heavy atom. The first-order valence-electron chi connectivity index (χ1n) is 10.9. The first kappa shape index (κ1) is 19.3. The van der Waals surface area contributed by atoms with Crippen molar-refractivity contribution in [2.45, 2.75) is 13.0 Å². The smallest absolute Gasteiger partial charge is 0.196 e. The molecule has 0 unspecified atom stereocenters. The summed E-state index contributed by atoms with van der Waals surface area (Å²) in [6.45, 7) is 1.60. The Morgan fingerprint density at radius 2 is 1.79 bits per heavy atom. The summed E-state index contributed by atoms with van der Waals surface area (Å²) in [6.07, 6.45) is 6.46. The van der Waals surface area contributed by atoms with E-state index in [2.05, 4.69) is 20.8 Å². The average molecular weight is 435 g/mol. The number of nitrogens with zero attached hydrogens (tertiary/aromatic N) is 3. The second-order valence-corrected chi connectivity index (χ2v) is 8.03. The zero-order chi connectivity index (χ0) is 22.2. The standard InChI is InChI=1S/C26H21N5O2/c32-25-18-9-4-5-10-19(18)26-23-22(25)20(29-17-7-2-1-3-8-17)15-21(24(23)30-33-26)28-11-6-13-31-14-12-27-16-31/h1-5,7-10,12,14-16,28-29H,6,11,13H2. The van der Waals surface area contributed by atoms with Gasteiger partial charge >= 0.3 is 0 Å². The Balaban J connectivity index is 1.43. The largest absolute Gasteiger partial charge is 0.383 e. The summed E-state index contributed by atoms with van der Waals surface area (Å²) in [5.74, 6) is 0.602. The molecule has 1 aliphatic carbocycles. The van der Waals surface area contributed by atoms with Crippen LogP contribution in [0.25, 0.3) is 22.2 Å². The van der Waals surface area contributed by atoms with Gasteiger partial charge in [0.25, 0.3) is 0 Å². The second-order valence-electron chi connectivity index (χ2n) is 8.03. The summed E-state index contributed by atoms with van der Waals surface area (Å²) < 4.78 is 7.85. The van der Waals surface area contributed by atoms with Crippen molar-refractivity contribution in [3.63, 3.8) is 0 Å². The van der Waals surface area contributed by atoms with Crippen LogP contribution in [0.3, 0.4) is 0 Å². The van der Waals surface area contributed by atoms with Gasteiger partial charge in [-0.3, -0.25) is 4.79 Å². The van der Waals surface area contributed by atoms with E-state index >= 15 is 0 Å². The predicted octanol–water partition coefficient (Wildman–Crippen LogP) is 5.48. The minimum Gasteiger partial charge on any atom is -0.383 e. The van der Waals surface area contributed by atoms with Crippen molar-refractivity contribution in [3.8, 4) is 11.3 Å². The van der Waals surface area contributed by atoms with Crippen molar-refractivity contribution in [1.29, 1.82) is 0 Å². The van der Waals surface area contributed by atoms with E-state index in [4.69, 9.17) is 4.52 Å². The Morgan fingerprint density at radius 3 is 2.61 bits per heavy atom. The van der Waals surface area contributed by atoms with E-state index in [1.807, 2.05) is 77.8 Å². The number of imidazole rings is 1. The third-order valence-corrected chi connectivity index (χ3v) is 5.92. The highest BCUT2D eigenvalue weighted by Gasteiger charge is 2.32. The van der Waals surface area contributed by atoms with Crippen LogP contribution < -0.4 is 10.6 Å². The van der Waals surface area contributed by atoms with Crippen molar-refractivity contribution in [3.05, 3.63) is 90.5 Å². The number of fused-ring (bicyclic) bond motifs is 2. The Bertz CT molecular complexity index is 1460. The third-order valence-electron chi connectivity index (χ3n) is 5.92. The number of hydrogen-bond donors (Lipinski definition) is 2. The van der Waals surface area contributed by atoms with E-state index < -0.39 is 0 Å². The molecular formula is C26H21N5O2. The molecule has 0 aliphatic heterocycles. The van der Waals surface area contributed by atoms with Crippen molar-refractivity contribution in [2.24, 2.45) is 0 Å². The normalized spacial score (nSPS) is 12.1. The Hall–Kier alpha value is -4.39. The minimum atomic E-state index is -0.0311. The van der Waals surface area contributed by atoms with Gasteiger partial charge in [0.05, 0.1) is 28.7 Å². The maximum Gasteiger partial charge on any atom is 0.196 e. The second kappa shape index (κ2) is 7.94. The maximum absolute atomic E-state index is 13.6. The highest BCUT2D eigenvalue weighted by Crippen LogP contribution is 2.45. The van der Waals surface area contributed by atoms with E-state index in [0.29, 0.717) is 22.4 Å². The van der Waals surface area contributed by atoms with E-state index in [0.717, 1.165) is 47.5 Å². The van der Waals surface area contributed by atoms with E-state index in [1.54, 1.807) is 6.20 Å². The molecular weight excluding hydrogens is 414 g/mol. The van der Waals surface area contributed by atoms with E-state index in [-0.39, 0.29) is 5.78 Å². The lowest BCUT2D eigenvalue weighted by Gasteiger charge is -2.20. The fourth-order valence-electron chi connectivity index (χ4n) is 4.37. The number of para-hydroxylation sites is 1. The highest BCUT2D eigenvalue weighted by molar-refractivity contribution is 6.28. The number of aromatic nitrogens is 3. The van der Waals surface area contributed by atoms with Crippen LogP contribution in [0.15, 0.2) is 83.9 Å². The summed E-state index contributed by atoms with van der Waals surface area (Å²) in [5, 5.41) is 12.0. The molecule has 6 rings (SSSR count). The molecule has 1 aliphatic rings. The number of hydrogen-bond acceptors (Lipinski definition) is 6. The number of carbonyl (C=O) groups is 1. The predicted molar refractivity (Wildman–Crippen MR) is 128 cm³/mol. The first-order chi connectivity index (χ1) is 16.3. The molecule has 0 radical (unpaired) electrons. The fourth-order valence-corrected chi connectivity index (χ4v) is 4.37. The van der Waals surface area contributed by atoms with Crippen LogP contribution in [-0.2, 0) is 6.54 Å². The number of anilines is 3. The van der Waals surface area contributed by atoms with Gasteiger partial charge in [0.1, 0.15) is 5.52 Å². The molecule has 0 amide bonds. The minimum absolute atomic E-state index is 0.0311. The molecule has 7 nitrogen and oxygen atoms in total. The number of aryl methyl sites for hydroxylation is 1. The molecule has 5 aromatic rings. The highest BCUT2D eigenvalue weighted by atomic mass is 16.5. The topological polar surface area (TPSA) is 85.0 Å². The lowest BCUT2D eigenvalue weighted by atomic mass is 9.86. The van der Waals surface area contributed by atoms with E-state index in [1.165, 1.54) is 0 Å². The van der Waals surface area contributed by atoms with Gasteiger partial charge in [0.2, 0.25) is 0 Å². The molecule has 0 bridgehead atoms. The van der Waals surface area contributed by atoms with Crippen LogP contribution in [0.5, 0.6) is 0 Å². The average Bonchev–Trinajstić information content (AvgIpc) is 3.52. The molecule has 3 aromatic carbocycles. The van der Waals surface area contributed by atoms with Gasteiger partial charge in [-0.2, -0.15) is 0 Å². The SMILES string of the molecule is O=C1c2ccccc2-c2onc3c(NCCCn4ccnc4)cc(Nc4ccccc4)c1c23.